The van der Waals surface area contributed by atoms with E-state index in [4.69, 9.17) is 13.0 Å². The van der Waals surface area contributed by atoms with Gasteiger partial charge in [0.1, 0.15) is 5.75 Å². The van der Waals surface area contributed by atoms with E-state index in [2.05, 4.69) is 53.2 Å². The van der Waals surface area contributed by atoms with E-state index >= 15 is 0 Å². The molecule has 0 bridgehead atoms. The normalized spacial score (nSPS) is 15.1. The lowest BCUT2D eigenvalue weighted by atomic mass is 9.91. The molecule has 0 rings (SSSR count). The summed E-state index contributed by atoms with van der Waals surface area (Å²) in [4.78, 5) is 0. The van der Waals surface area contributed by atoms with Crippen LogP contribution in [-0.4, -0.2) is 36.7 Å². The second kappa shape index (κ2) is 17.3. The van der Waals surface area contributed by atoms with Crippen LogP contribution in [0, 0.1) is 17.8 Å². The molecule has 0 heterocycles. The number of rotatable bonds is 14. The highest BCUT2D eigenvalue weighted by Gasteiger charge is 2.36. The lowest BCUT2D eigenvalue weighted by Crippen LogP contribution is -2.21. The zero-order valence-corrected chi connectivity index (χ0v) is 22.2. The van der Waals surface area contributed by atoms with E-state index in [9.17, 15) is 13.2 Å². The van der Waals surface area contributed by atoms with Gasteiger partial charge >= 0.3 is 5.51 Å². The van der Waals surface area contributed by atoms with E-state index in [1.807, 2.05) is 0 Å². The molecule has 188 valence electrons. The number of hydrogen-bond acceptors (Lipinski definition) is 3. The molecule has 0 amide bonds. The van der Waals surface area contributed by atoms with E-state index in [0.29, 0.717) is 10.9 Å². The third kappa shape index (κ3) is 22.8. The van der Waals surface area contributed by atoms with Gasteiger partial charge in [0.2, 0.25) is 0 Å². The van der Waals surface area contributed by atoms with Crippen molar-refractivity contribution in [3.63, 3.8) is 0 Å². The maximum Gasteiger partial charge on any atom is 0.485 e. The van der Waals surface area contributed by atoms with Crippen LogP contribution in [0.15, 0.2) is 11.6 Å². The van der Waals surface area contributed by atoms with Crippen molar-refractivity contribution >= 4 is 21.0 Å². The second-order valence-electron chi connectivity index (χ2n) is 9.46. The van der Waals surface area contributed by atoms with Crippen LogP contribution in [-0.2, 0) is 21.0 Å². The van der Waals surface area contributed by atoms with Crippen molar-refractivity contribution in [3.05, 3.63) is 11.6 Å². The smallest absolute Gasteiger partial charge is 0.485 e. The van der Waals surface area contributed by atoms with Crippen molar-refractivity contribution < 1.29 is 26.1 Å². The summed E-state index contributed by atoms with van der Waals surface area (Å²) in [7, 11) is -5.53. The molecule has 0 fully saturated rings. The summed E-state index contributed by atoms with van der Waals surface area (Å²) in [5, 5.41) is 0. The van der Waals surface area contributed by atoms with Gasteiger partial charge in [-0.25, -0.2) is 8.42 Å². The topological polar surface area (TPSA) is 57.2 Å². The molecule has 2 atom stereocenters. The number of alkyl halides is 3. The van der Waals surface area contributed by atoms with Crippen molar-refractivity contribution in [1.82, 2.24) is 0 Å². The highest BCUT2D eigenvalue weighted by atomic mass is 32.2. The molecular weight excluding hydrogens is 445 g/mol. The summed E-state index contributed by atoms with van der Waals surface area (Å²) in [5.41, 5.74) is -4.04. The Morgan fingerprint density at radius 2 is 1.29 bits per heavy atom. The van der Waals surface area contributed by atoms with Gasteiger partial charge in [0.05, 0.1) is 12.5 Å². The Morgan fingerprint density at radius 3 is 1.65 bits per heavy atom. The molecule has 0 saturated carbocycles. The summed E-state index contributed by atoms with van der Waals surface area (Å²) >= 11 is 0. The Morgan fingerprint density at radius 1 is 0.903 bits per heavy atom. The Balaban J connectivity index is 0. The predicted molar refractivity (Wildman–Crippen MR) is 128 cm³/mol. The highest BCUT2D eigenvalue weighted by molar-refractivity contribution is 7.95. The number of halogens is 3. The zero-order chi connectivity index (χ0) is 24.7. The minimum absolute atomic E-state index is 0.559. The maximum atomic E-state index is 10.7. The quantitative estimate of drug-likeness (QED) is 0.111. The minimum atomic E-state index is -6.09. The van der Waals surface area contributed by atoms with Crippen LogP contribution in [0.4, 0.5) is 13.2 Å². The van der Waals surface area contributed by atoms with E-state index in [1.54, 1.807) is 5.57 Å². The average Bonchev–Trinajstić information content (AvgIpc) is 2.58. The first-order chi connectivity index (χ1) is 14.1. The van der Waals surface area contributed by atoms with Crippen molar-refractivity contribution in [2.45, 2.75) is 97.9 Å². The van der Waals surface area contributed by atoms with Crippen LogP contribution in [0.3, 0.4) is 0 Å². The van der Waals surface area contributed by atoms with Crippen LogP contribution >= 0.6 is 0 Å². The highest BCUT2D eigenvalue weighted by Crippen LogP contribution is 2.22. The molecule has 0 spiro atoms. The monoisotopic (exact) mass is 490 g/mol. The number of allylic oxidation sites excluding steroid dienone is 1. The molecule has 0 unspecified atom stereocenters. The lowest BCUT2D eigenvalue weighted by molar-refractivity contribution is -0.0517. The van der Waals surface area contributed by atoms with Crippen molar-refractivity contribution in [2.75, 3.05) is 18.3 Å². The molecule has 0 aromatic rings. The standard InChI is InChI=1S/C22H45S.CHF3O3S/c1-19(2)11-8-12-20(3)13-9-14-21(4)15-10-16-22(5)17-18-23(6)7;2-1(3,4)8(5,6)7/h17,19-21H,8-16,18H2,1-7H3;(H,5,6,7)/q+1;/p-1/t20-,21-;/m1./s1. The lowest BCUT2D eigenvalue weighted by Gasteiger charge is -2.15. The fourth-order valence-electron chi connectivity index (χ4n) is 3.12. The molecule has 31 heavy (non-hydrogen) atoms. The molecule has 0 aliphatic rings. The van der Waals surface area contributed by atoms with E-state index in [0.717, 1.165) is 17.8 Å². The van der Waals surface area contributed by atoms with Gasteiger partial charge in [-0.3, -0.25) is 0 Å². The van der Waals surface area contributed by atoms with Gasteiger partial charge in [0, 0.05) is 0 Å². The first kappa shape index (κ1) is 33.0. The molecule has 0 aromatic carbocycles. The Kier molecular flexibility index (Phi) is 18.4. The van der Waals surface area contributed by atoms with Gasteiger partial charge in [0.15, 0.2) is 10.1 Å². The van der Waals surface area contributed by atoms with Crippen LogP contribution in [0.1, 0.15) is 92.4 Å². The average molecular weight is 491 g/mol. The molecule has 0 N–H and O–H groups in total. The third-order valence-electron chi connectivity index (χ3n) is 5.19. The van der Waals surface area contributed by atoms with Gasteiger partial charge in [0.25, 0.3) is 0 Å². The number of hydrogen-bond donors (Lipinski definition) is 0. The Hall–Kier alpha value is -0.210. The van der Waals surface area contributed by atoms with Crippen molar-refractivity contribution in [3.8, 4) is 0 Å². The van der Waals surface area contributed by atoms with Crippen molar-refractivity contribution in [1.29, 1.82) is 0 Å². The Bertz CT molecular complexity index is 571. The van der Waals surface area contributed by atoms with E-state index < -0.39 is 15.6 Å². The minimum Gasteiger partial charge on any atom is -0.741 e. The molecule has 8 heteroatoms. The van der Waals surface area contributed by atoms with Crippen LogP contribution in [0.25, 0.3) is 0 Å². The van der Waals surface area contributed by atoms with E-state index in [-0.39, 0.29) is 0 Å². The van der Waals surface area contributed by atoms with Gasteiger partial charge < -0.3 is 4.55 Å². The molecular formula is C23H45F3O3S2. The van der Waals surface area contributed by atoms with Gasteiger partial charge in [-0.05, 0) is 54.5 Å². The summed E-state index contributed by atoms with van der Waals surface area (Å²) in [6.45, 7) is 11.9. The molecule has 0 aliphatic carbocycles. The van der Waals surface area contributed by atoms with Gasteiger partial charge in [-0.2, -0.15) is 13.2 Å². The molecule has 3 nitrogen and oxygen atoms in total. The molecule has 0 aromatic heterocycles. The first-order valence-corrected chi connectivity index (χ1v) is 14.9. The maximum absolute atomic E-state index is 10.7. The summed E-state index contributed by atoms with van der Waals surface area (Å²) < 4.78 is 58.9. The summed E-state index contributed by atoms with van der Waals surface area (Å²) in [6, 6.07) is 0. The van der Waals surface area contributed by atoms with Gasteiger partial charge in [-0.15, -0.1) is 0 Å². The van der Waals surface area contributed by atoms with Crippen molar-refractivity contribution in [2.24, 2.45) is 17.8 Å². The summed E-state index contributed by atoms with van der Waals surface area (Å²) in [5.74, 6) is 4.00. The molecule has 0 radical (unpaired) electrons. The SMILES string of the molecule is CC(=CC[S+](C)C)CCC[C@H](C)CCC[C@H](C)CCCC(C)C.O=S(=O)([O-])C(F)(F)F. The summed E-state index contributed by atoms with van der Waals surface area (Å²) in [6.07, 6.45) is 19.8. The molecule has 0 aliphatic heterocycles. The van der Waals surface area contributed by atoms with Crippen LogP contribution < -0.4 is 0 Å². The van der Waals surface area contributed by atoms with Gasteiger partial charge in [-0.1, -0.05) is 78.2 Å². The fourth-order valence-corrected chi connectivity index (χ4v) is 3.74. The van der Waals surface area contributed by atoms with Crippen LogP contribution in [0.5, 0.6) is 0 Å². The van der Waals surface area contributed by atoms with Crippen LogP contribution in [0.2, 0.25) is 0 Å². The third-order valence-corrected chi connectivity index (χ3v) is 6.59. The largest absolute Gasteiger partial charge is 0.741 e. The predicted octanol–water partition coefficient (Wildman–Crippen LogP) is 7.30. The fraction of sp³-hybridized carbons (Fsp3) is 0.913. The van der Waals surface area contributed by atoms with E-state index in [1.165, 1.54) is 63.5 Å². The zero-order valence-electron chi connectivity index (χ0n) is 20.6. The first-order valence-electron chi connectivity index (χ1n) is 11.3. The Labute approximate surface area is 192 Å². The second-order valence-corrected chi connectivity index (χ2v) is 13.1. The molecule has 0 saturated heterocycles.